The molecule has 0 bridgehead atoms. The van der Waals surface area contributed by atoms with Crippen LogP contribution < -0.4 is 0 Å². The molecule has 0 heterocycles. The lowest BCUT2D eigenvalue weighted by molar-refractivity contribution is 0.679. The fourth-order valence-corrected chi connectivity index (χ4v) is 7.62. The molecule has 0 aromatic heterocycles. The van der Waals surface area contributed by atoms with E-state index >= 15 is 0 Å². The fourth-order valence-electron chi connectivity index (χ4n) is 7.62. The van der Waals surface area contributed by atoms with E-state index in [4.69, 9.17) is 0 Å². The average Bonchev–Trinajstić information content (AvgIpc) is 3.10. The molecule has 206 valence electrons. The van der Waals surface area contributed by atoms with Crippen LogP contribution >= 0.6 is 0 Å². The number of allylic oxidation sites excluding steroid dienone is 8. The fraction of sp³-hybridized carbons (Fsp3) is 0.0455. The minimum Gasteiger partial charge on any atom is -0.0767 e. The first-order valence-electron chi connectivity index (χ1n) is 15.5. The molecule has 0 nitrogen and oxygen atoms in total. The largest absolute Gasteiger partial charge is 0.0767 e. The molecule has 0 heteroatoms. The van der Waals surface area contributed by atoms with Crippen molar-refractivity contribution in [2.45, 2.75) is 0 Å². The Bertz CT molecular complexity index is 2340. The van der Waals surface area contributed by atoms with E-state index in [1.165, 1.54) is 76.5 Å². The molecule has 0 fully saturated rings. The quantitative estimate of drug-likeness (QED) is 0.189. The van der Waals surface area contributed by atoms with Crippen LogP contribution in [-0.2, 0) is 0 Å². The average molecular weight is 559 g/mol. The number of hydrogen-bond donors (Lipinski definition) is 0. The summed E-state index contributed by atoms with van der Waals surface area (Å²) in [4.78, 5) is 0. The lowest BCUT2D eigenvalue weighted by Gasteiger charge is -2.29. The summed E-state index contributed by atoms with van der Waals surface area (Å²) in [6, 6.07) is 47.1. The van der Waals surface area contributed by atoms with Crippen molar-refractivity contribution >= 4 is 48.7 Å². The Kier molecular flexibility index (Phi) is 5.74. The normalized spacial score (nSPS) is 17.4. The molecule has 2 aliphatic carbocycles. The van der Waals surface area contributed by atoms with Crippen molar-refractivity contribution < 1.29 is 0 Å². The first kappa shape index (κ1) is 25.1. The van der Waals surface area contributed by atoms with Gasteiger partial charge in [0.2, 0.25) is 0 Å². The minimum absolute atomic E-state index is 0.338. The second-order valence-corrected chi connectivity index (χ2v) is 12.0. The van der Waals surface area contributed by atoms with Gasteiger partial charge in [0.25, 0.3) is 0 Å². The highest BCUT2D eigenvalue weighted by atomic mass is 14.3. The van der Waals surface area contributed by atoms with Gasteiger partial charge in [-0.3, -0.25) is 0 Å². The Morgan fingerprint density at radius 2 is 0.932 bits per heavy atom. The summed E-state index contributed by atoms with van der Waals surface area (Å²) < 4.78 is 0. The Morgan fingerprint density at radius 3 is 1.66 bits per heavy atom. The van der Waals surface area contributed by atoms with Gasteiger partial charge in [0, 0.05) is 11.8 Å². The van der Waals surface area contributed by atoms with E-state index in [-0.39, 0.29) is 0 Å². The third kappa shape index (κ3) is 3.85. The van der Waals surface area contributed by atoms with Crippen molar-refractivity contribution in [3.05, 3.63) is 175 Å². The van der Waals surface area contributed by atoms with E-state index in [1.807, 2.05) is 0 Å². The molecule has 0 spiro atoms. The summed E-state index contributed by atoms with van der Waals surface area (Å²) in [5, 5.41) is 10.3. The summed E-state index contributed by atoms with van der Waals surface area (Å²) in [7, 11) is 0. The molecule has 2 atom stereocenters. The predicted molar refractivity (Wildman–Crippen MR) is 190 cm³/mol. The van der Waals surface area contributed by atoms with Crippen LogP contribution in [0.25, 0.3) is 70.9 Å². The molecular formula is C44H30. The van der Waals surface area contributed by atoms with E-state index in [0.717, 1.165) is 0 Å². The molecule has 0 saturated carbocycles. The highest BCUT2D eigenvalue weighted by molar-refractivity contribution is 6.22. The first-order valence-corrected chi connectivity index (χ1v) is 15.5. The third-order valence-electron chi connectivity index (χ3n) is 9.62. The standard InChI is InChI=1S/C44H30/c1-2-14-31-28-32(25-24-29(31)12-1)34-26-27-42(36-18-6-5-17-35(34)36)44-40-21-9-7-19-38(40)43(39-20-8-10-22-41(39)44)37-23-11-15-30-13-3-4-16-33(30)37/h1-28,30,33H. The topological polar surface area (TPSA) is 0 Å². The van der Waals surface area contributed by atoms with Crippen LogP contribution in [0, 0.1) is 11.8 Å². The Balaban J connectivity index is 1.33. The van der Waals surface area contributed by atoms with E-state index in [1.54, 1.807) is 0 Å². The highest BCUT2D eigenvalue weighted by Gasteiger charge is 2.27. The zero-order valence-corrected chi connectivity index (χ0v) is 24.3. The predicted octanol–water partition coefficient (Wildman–Crippen LogP) is 11.9. The molecule has 0 saturated heterocycles. The second-order valence-electron chi connectivity index (χ2n) is 12.0. The van der Waals surface area contributed by atoms with Crippen LogP contribution in [0.15, 0.2) is 170 Å². The Hall–Kier alpha value is -5.46. The van der Waals surface area contributed by atoms with Gasteiger partial charge < -0.3 is 0 Å². The van der Waals surface area contributed by atoms with Crippen LogP contribution in [0.4, 0.5) is 0 Å². The Morgan fingerprint density at radius 1 is 0.386 bits per heavy atom. The van der Waals surface area contributed by atoms with Gasteiger partial charge in [-0.1, -0.05) is 164 Å². The summed E-state index contributed by atoms with van der Waals surface area (Å²) in [5.41, 5.74) is 7.86. The maximum absolute atomic E-state index is 2.37. The zero-order chi connectivity index (χ0) is 29.0. The smallest absolute Gasteiger partial charge is 0.0125 e. The number of fused-ring (bicyclic) bond motifs is 5. The van der Waals surface area contributed by atoms with Crippen LogP contribution in [0.1, 0.15) is 5.56 Å². The molecule has 2 unspecified atom stereocenters. The lowest BCUT2D eigenvalue weighted by Crippen LogP contribution is -2.15. The van der Waals surface area contributed by atoms with Gasteiger partial charge in [0.1, 0.15) is 0 Å². The maximum atomic E-state index is 2.37. The van der Waals surface area contributed by atoms with E-state index in [2.05, 4.69) is 170 Å². The number of rotatable bonds is 3. The molecule has 0 N–H and O–H groups in total. The van der Waals surface area contributed by atoms with Gasteiger partial charge >= 0.3 is 0 Å². The van der Waals surface area contributed by atoms with Crippen LogP contribution in [0.2, 0.25) is 0 Å². The molecule has 44 heavy (non-hydrogen) atoms. The van der Waals surface area contributed by atoms with E-state index < -0.39 is 0 Å². The van der Waals surface area contributed by atoms with Crippen molar-refractivity contribution in [3.8, 4) is 22.3 Å². The van der Waals surface area contributed by atoms with Crippen LogP contribution in [-0.4, -0.2) is 0 Å². The minimum atomic E-state index is 0.338. The Labute approximate surface area is 257 Å². The van der Waals surface area contributed by atoms with Gasteiger partial charge in [0.15, 0.2) is 0 Å². The molecule has 2 aliphatic rings. The zero-order valence-electron chi connectivity index (χ0n) is 24.3. The van der Waals surface area contributed by atoms with Crippen molar-refractivity contribution in [2.24, 2.45) is 11.8 Å². The van der Waals surface area contributed by atoms with Gasteiger partial charge in [-0.05, 0) is 82.5 Å². The summed E-state index contributed by atoms with van der Waals surface area (Å²) in [6.45, 7) is 0. The molecule has 0 amide bonds. The number of benzene rings is 7. The van der Waals surface area contributed by atoms with Crippen molar-refractivity contribution in [3.63, 3.8) is 0 Å². The van der Waals surface area contributed by atoms with Gasteiger partial charge in [0.05, 0.1) is 0 Å². The first-order chi connectivity index (χ1) is 21.8. The van der Waals surface area contributed by atoms with Gasteiger partial charge in [-0.2, -0.15) is 0 Å². The number of hydrogen-bond acceptors (Lipinski definition) is 0. The highest BCUT2D eigenvalue weighted by Crippen LogP contribution is 2.48. The monoisotopic (exact) mass is 558 g/mol. The van der Waals surface area contributed by atoms with Crippen LogP contribution in [0.3, 0.4) is 0 Å². The molecule has 9 rings (SSSR count). The maximum Gasteiger partial charge on any atom is 0.0125 e. The molecule has 7 aromatic carbocycles. The molecule has 7 aromatic rings. The lowest BCUT2D eigenvalue weighted by atomic mass is 9.74. The van der Waals surface area contributed by atoms with Crippen molar-refractivity contribution in [1.29, 1.82) is 0 Å². The molecular weight excluding hydrogens is 528 g/mol. The summed E-state index contributed by atoms with van der Waals surface area (Å²) in [5.74, 6) is 0.730. The SMILES string of the molecule is C1=CC2C=CC=C(c3c4ccccc4c(-c4ccc(-c5ccc6ccccc6c5)c5ccccc45)c4ccccc34)C2C=C1. The van der Waals surface area contributed by atoms with E-state index in [0.29, 0.717) is 11.8 Å². The summed E-state index contributed by atoms with van der Waals surface area (Å²) in [6.07, 6.45) is 16.0. The third-order valence-corrected chi connectivity index (χ3v) is 9.62. The van der Waals surface area contributed by atoms with Crippen molar-refractivity contribution in [1.82, 2.24) is 0 Å². The molecule has 0 radical (unpaired) electrons. The second kappa shape index (κ2) is 10.1. The van der Waals surface area contributed by atoms with Crippen LogP contribution in [0.5, 0.6) is 0 Å². The van der Waals surface area contributed by atoms with Gasteiger partial charge in [-0.25, -0.2) is 0 Å². The van der Waals surface area contributed by atoms with Gasteiger partial charge in [-0.15, -0.1) is 0 Å². The van der Waals surface area contributed by atoms with E-state index in [9.17, 15) is 0 Å². The molecule has 0 aliphatic heterocycles. The van der Waals surface area contributed by atoms with Crippen molar-refractivity contribution in [2.75, 3.05) is 0 Å². The summed E-state index contributed by atoms with van der Waals surface area (Å²) >= 11 is 0.